The lowest BCUT2D eigenvalue weighted by Crippen LogP contribution is -2.25. The SMILES string of the molecule is I.NC(=NCC1(c2ccc(F)cc2Cl)CC1)Nc1ccc2c(c1)OCCCO2. The van der Waals surface area contributed by atoms with E-state index < -0.39 is 0 Å². The second-order valence-electron chi connectivity index (χ2n) is 6.94. The van der Waals surface area contributed by atoms with Gasteiger partial charge in [0.15, 0.2) is 17.5 Å². The van der Waals surface area contributed by atoms with Crippen molar-refractivity contribution >= 4 is 47.2 Å². The van der Waals surface area contributed by atoms with Crippen LogP contribution >= 0.6 is 35.6 Å². The summed E-state index contributed by atoms with van der Waals surface area (Å²) in [6.07, 6.45) is 2.77. The number of aliphatic imine (C=N–C) groups is 1. The molecular formula is C20H22ClFIN3O2. The summed E-state index contributed by atoms with van der Waals surface area (Å²) in [6, 6.07) is 10.1. The third-order valence-corrected chi connectivity index (χ3v) is 5.24. The molecule has 28 heavy (non-hydrogen) atoms. The number of hydrogen-bond acceptors (Lipinski definition) is 3. The van der Waals surface area contributed by atoms with Crippen LogP contribution in [0.3, 0.4) is 0 Å². The molecule has 0 spiro atoms. The smallest absolute Gasteiger partial charge is 0.193 e. The van der Waals surface area contributed by atoms with Gasteiger partial charge in [0.05, 0.1) is 19.8 Å². The number of nitrogens with zero attached hydrogens (tertiary/aromatic N) is 1. The molecule has 0 saturated heterocycles. The molecule has 2 aliphatic rings. The molecule has 5 nitrogen and oxygen atoms in total. The molecular weight excluding hydrogens is 496 g/mol. The number of rotatable bonds is 4. The quantitative estimate of drug-likeness (QED) is 0.350. The van der Waals surface area contributed by atoms with Gasteiger partial charge in [-0.1, -0.05) is 17.7 Å². The van der Waals surface area contributed by atoms with Crippen molar-refractivity contribution in [1.82, 2.24) is 0 Å². The predicted molar refractivity (Wildman–Crippen MR) is 120 cm³/mol. The highest BCUT2D eigenvalue weighted by Gasteiger charge is 2.45. The molecule has 2 aromatic carbocycles. The molecule has 0 radical (unpaired) electrons. The second kappa shape index (κ2) is 8.73. The molecule has 4 rings (SSSR count). The molecule has 150 valence electrons. The highest BCUT2D eigenvalue weighted by Crippen LogP contribution is 2.50. The van der Waals surface area contributed by atoms with E-state index in [0.717, 1.165) is 36.3 Å². The number of guanidine groups is 1. The van der Waals surface area contributed by atoms with E-state index in [0.29, 0.717) is 36.5 Å². The van der Waals surface area contributed by atoms with Gasteiger partial charge in [0.1, 0.15) is 5.82 Å². The van der Waals surface area contributed by atoms with Crippen molar-refractivity contribution in [2.24, 2.45) is 10.7 Å². The summed E-state index contributed by atoms with van der Waals surface area (Å²) < 4.78 is 24.6. The second-order valence-corrected chi connectivity index (χ2v) is 7.35. The van der Waals surface area contributed by atoms with Gasteiger partial charge in [0.25, 0.3) is 0 Å². The van der Waals surface area contributed by atoms with Gasteiger partial charge in [-0.05, 0) is 42.7 Å². The average Bonchev–Trinajstić information content (AvgIpc) is 3.44. The third kappa shape index (κ3) is 4.63. The van der Waals surface area contributed by atoms with Crippen molar-refractivity contribution in [3.8, 4) is 11.5 Å². The van der Waals surface area contributed by atoms with Gasteiger partial charge < -0.3 is 20.5 Å². The molecule has 0 aromatic heterocycles. The van der Waals surface area contributed by atoms with Gasteiger partial charge in [-0.2, -0.15) is 0 Å². The Morgan fingerprint density at radius 3 is 2.61 bits per heavy atom. The summed E-state index contributed by atoms with van der Waals surface area (Å²) in [5.41, 5.74) is 7.62. The van der Waals surface area contributed by atoms with E-state index in [4.69, 9.17) is 26.8 Å². The fourth-order valence-corrected chi connectivity index (χ4v) is 3.62. The third-order valence-electron chi connectivity index (χ3n) is 4.93. The van der Waals surface area contributed by atoms with Gasteiger partial charge in [0, 0.05) is 28.6 Å². The Morgan fingerprint density at radius 1 is 1.14 bits per heavy atom. The fraction of sp³-hybridized carbons (Fsp3) is 0.350. The normalized spacial score (nSPS) is 17.3. The number of hydrogen-bond donors (Lipinski definition) is 2. The summed E-state index contributed by atoms with van der Waals surface area (Å²) in [7, 11) is 0. The maximum absolute atomic E-state index is 13.3. The zero-order chi connectivity index (χ0) is 18.9. The number of anilines is 1. The summed E-state index contributed by atoms with van der Waals surface area (Å²) in [6.45, 7) is 1.78. The maximum Gasteiger partial charge on any atom is 0.193 e. The molecule has 0 amide bonds. The van der Waals surface area contributed by atoms with Crippen LogP contribution in [0.2, 0.25) is 5.02 Å². The predicted octanol–water partition coefficient (Wildman–Crippen LogP) is 4.72. The molecule has 8 heteroatoms. The fourth-order valence-electron chi connectivity index (χ4n) is 3.25. The number of ether oxygens (including phenoxy) is 2. The van der Waals surface area contributed by atoms with Crippen LogP contribution < -0.4 is 20.5 Å². The highest BCUT2D eigenvalue weighted by atomic mass is 127. The number of halogens is 3. The van der Waals surface area contributed by atoms with Crippen LogP contribution in [0, 0.1) is 5.82 Å². The molecule has 0 unspecified atom stereocenters. The first-order valence-corrected chi connectivity index (χ1v) is 9.36. The van der Waals surface area contributed by atoms with Crippen LogP contribution in [0.1, 0.15) is 24.8 Å². The molecule has 1 aliphatic heterocycles. The minimum Gasteiger partial charge on any atom is -0.490 e. The van der Waals surface area contributed by atoms with E-state index in [1.54, 1.807) is 6.07 Å². The van der Waals surface area contributed by atoms with Crippen LogP contribution in [0.15, 0.2) is 41.4 Å². The van der Waals surface area contributed by atoms with Crippen molar-refractivity contribution in [1.29, 1.82) is 0 Å². The zero-order valence-corrected chi connectivity index (χ0v) is 18.3. The van der Waals surface area contributed by atoms with Gasteiger partial charge in [-0.25, -0.2) is 4.39 Å². The van der Waals surface area contributed by atoms with E-state index in [-0.39, 0.29) is 35.2 Å². The van der Waals surface area contributed by atoms with Gasteiger partial charge in [-0.3, -0.25) is 4.99 Å². The summed E-state index contributed by atoms with van der Waals surface area (Å²) >= 11 is 6.22. The Hall–Kier alpha value is -1.74. The topological polar surface area (TPSA) is 68.9 Å². The maximum atomic E-state index is 13.3. The zero-order valence-electron chi connectivity index (χ0n) is 15.2. The first-order chi connectivity index (χ1) is 13.1. The minimum atomic E-state index is -0.335. The standard InChI is InChI=1S/C20H21ClFN3O2.HI/c21-16-10-13(22)2-4-15(16)20(6-7-20)12-24-19(23)25-14-3-5-17-18(11-14)27-9-1-8-26-17;/h2-5,10-11H,1,6-9,12H2,(H3,23,24,25);1H. The lowest BCUT2D eigenvalue weighted by molar-refractivity contribution is 0.297. The van der Waals surface area contributed by atoms with Crippen molar-refractivity contribution in [3.05, 3.63) is 52.8 Å². The average molecular weight is 518 g/mol. The van der Waals surface area contributed by atoms with Crippen LogP contribution in [0.4, 0.5) is 10.1 Å². The highest BCUT2D eigenvalue weighted by molar-refractivity contribution is 14.0. The molecule has 1 aliphatic carbocycles. The first-order valence-electron chi connectivity index (χ1n) is 8.98. The van der Waals surface area contributed by atoms with Crippen molar-refractivity contribution in [3.63, 3.8) is 0 Å². The molecule has 1 fully saturated rings. The molecule has 1 saturated carbocycles. The Morgan fingerprint density at radius 2 is 1.89 bits per heavy atom. The molecule has 1 heterocycles. The minimum absolute atomic E-state index is 0. The number of nitrogens with one attached hydrogen (secondary N) is 1. The number of nitrogens with two attached hydrogens (primary N) is 1. The van der Waals surface area contributed by atoms with Gasteiger partial charge in [-0.15, -0.1) is 24.0 Å². The van der Waals surface area contributed by atoms with Crippen molar-refractivity contribution in [2.75, 3.05) is 25.1 Å². The molecule has 3 N–H and O–H groups in total. The van der Waals surface area contributed by atoms with E-state index in [2.05, 4.69) is 10.3 Å². The summed E-state index contributed by atoms with van der Waals surface area (Å²) in [4.78, 5) is 4.48. The van der Waals surface area contributed by atoms with Crippen molar-refractivity contribution < 1.29 is 13.9 Å². The van der Waals surface area contributed by atoms with Gasteiger partial charge in [0.2, 0.25) is 0 Å². The summed E-state index contributed by atoms with van der Waals surface area (Å²) in [5.74, 6) is 1.41. The van der Waals surface area contributed by atoms with Crippen LogP contribution in [-0.2, 0) is 5.41 Å². The first kappa shape index (κ1) is 21.0. The Balaban J connectivity index is 0.00000225. The van der Waals surface area contributed by atoms with E-state index in [1.807, 2.05) is 18.2 Å². The monoisotopic (exact) mass is 517 g/mol. The largest absolute Gasteiger partial charge is 0.490 e. The van der Waals surface area contributed by atoms with Crippen LogP contribution in [0.5, 0.6) is 11.5 Å². The Labute approximate surface area is 185 Å². The van der Waals surface area contributed by atoms with E-state index in [9.17, 15) is 4.39 Å². The van der Waals surface area contributed by atoms with Crippen LogP contribution in [-0.4, -0.2) is 25.7 Å². The summed E-state index contributed by atoms with van der Waals surface area (Å²) in [5, 5.41) is 3.53. The molecule has 0 atom stereocenters. The molecule has 0 bridgehead atoms. The Bertz CT molecular complexity index is 890. The molecule has 2 aromatic rings. The van der Waals surface area contributed by atoms with Gasteiger partial charge >= 0.3 is 0 Å². The number of fused-ring (bicyclic) bond motifs is 1. The Kier molecular flexibility index (Phi) is 6.54. The van der Waals surface area contributed by atoms with Crippen LogP contribution in [0.25, 0.3) is 0 Å². The van der Waals surface area contributed by atoms with Crippen molar-refractivity contribution in [2.45, 2.75) is 24.7 Å². The lowest BCUT2D eigenvalue weighted by atomic mass is 9.96. The van der Waals surface area contributed by atoms with E-state index >= 15 is 0 Å². The lowest BCUT2D eigenvalue weighted by Gasteiger charge is -2.16. The van der Waals surface area contributed by atoms with E-state index in [1.165, 1.54) is 12.1 Å². The number of benzene rings is 2.